The molecule has 1 aliphatic rings. The maximum atomic E-state index is 12.6. The molecule has 6 nitrogen and oxygen atoms in total. The fraction of sp³-hybridized carbons (Fsp3) is 0.294. The number of fused-ring (bicyclic) bond motifs is 1. The van der Waals surface area contributed by atoms with E-state index in [0.717, 1.165) is 17.1 Å². The van der Waals surface area contributed by atoms with Crippen LogP contribution >= 0.6 is 0 Å². The van der Waals surface area contributed by atoms with E-state index in [4.69, 9.17) is 14.2 Å². The van der Waals surface area contributed by atoms with Gasteiger partial charge in [0.15, 0.2) is 11.5 Å². The maximum Gasteiger partial charge on any atom is 0.255 e. The largest absolute Gasteiger partial charge is 0.481 e. The highest BCUT2D eigenvalue weighted by molar-refractivity contribution is 5.93. The van der Waals surface area contributed by atoms with Gasteiger partial charge in [0.25, 0.3) is 5.91 Å². The van der Waals surface area contributed by atoms with Gasteiger partial charge in [-0.3, -0.25) is 4.79 Å². The van der Waals surface area contributed by atoms with Gasteiger partial charge in [-0.25, -0.2) is 4.98 Å². The monoisotopic (exact) mass is 314 g/mol. The molecule has 0 radical (unpaired) electrons. The molecule has 6 heteroatoms. The number of carbonyl (C=O) groups excluding carboxylic acids is 1. The van der Waals surface area contributed by atoms with E-state index in [1.807, 2.05) is 25.1 Å². The zero-order valence-corrected chi connectivity index (χ0v) is 13.1. The van der Waals surface area contributed by atoms with Crippen molar-refractivity contribution in [2.45, 2.75) is 13.5 Å². The molecular formula is C17H18N2O4. The Morgan fingerprint density at radius 3 is 2.78 bits per heavy atom. The molecule has 1 aromatic carbocycles. The van der Waals surface area contributed by atoms with E-state index in [0.29, 0.717) is 24.5 Å². The van der Waals surface area contributed by atoms with Crippen molar-refractivity contribution < 1.29 is 19.0 Å². The summed E-state index contributed by atoms with van der Waals surface area (Å²) in [6.07, 6.45) is 1.53. The van der Waals surface area contributed by atoms with Crippen LogP contribution in [0.15, 0.2) is 36.5 Å². The van der Waals surface area contributed by atoms with Crippen LogP contribution in [0.1, 0.15) is 22.8 Å². The molecule has 1 aromatic heterocycles. The second-order valence-electron chi connectivity index (χ2n) is 5.10. The van der Waals surface area contributed by atoms with Crippen LogP contribution in [-0.4, -0.2) is 36.2 Å². The first-order valence-electron chi connectivity index (χ1n) is 7.39. The summed E-state index contributed by atoms with van der Waals surface area (Å²) >= 11 is 0. The second-order valence-corrected chi connectivity index (χ2v) is 5.10. The van der Waals surface area contributed by atoms with Crippen LogP contribution in [0.3, 0.4) is 0 Å². The number of amides is 1. The van der Waals surface area contributed by atoms with E-state index in [2.05, 4.69) is 4.98 Å². The average Bonchev–Trinajstić information content (AvgIpc) is 3.07. The second kappa shape index (κ2) is 6.56. The van der Waals surface area contributed by atoms with Crippen molar-refractivity contribution in [3.05, 3.63) is 47.7 Å². The summed E-state index contributed by atoms with van der Waals surface area (Å²) in [6.45, 7) is 3.28. The van der Waals surface area contributed by atoms with Crippen LogP contribution in [0.25, 0.3) is 0 Å². The lowest BCUT2D eigenvalue weighted by Crippen LogP contribution is -2.30. The zero-order valence-electron chi connectivity index (χ0n) is 13.1. The van der Waals surface area contributed by atoms with Gasteiger partial charge in [-0.15, -0.1) is 0 Å². The van der Waals surface area contributed by atoms with E-state index >= 15 is 0 Å². The molecular weight excluding hydrogens is 296 g/mol. The molecule has 0 atom stereocenters. The number of benzene rings is 1. The lowest BCUT2D eigenvalue weighted by Gasteiger charge is -2.21. The van der Waals surface area contributed by atoms with Gasteiger partial charge < -0.3 is 19.1 Å². The quantitative estimate of drug-likeness (QED) is 0.848. The summed E-state index contributed by atoms with van der Waals surface area (Å²) in [5.74, 6) is 1.88. The van der Waals surface area contributed by atoms with Crippen molar-refractivity contribution in [2.75, 3.05) is 20.4 Å². The highest BCUT2D eigenvalue weighted by Crippen LogP contribution is 2.32. The van der Waals surface area contributed by atoms with Gasteiger partial charge in [0, 0.05) is 25.4 Å². The van der Waals surface area contributed by atoms with Crippen molar-refractivity contribution in [3.8, 4) is 17.4 Å². The minimum Gasteiger partial charge on any atom is -0.481 e. The van der Waals surface area contributed by atoms with Crippen molar-refractivity contribution in [3.63, 3.8) is 0 Å². The fourth-order valence-corrected chi connectivity index (χ4v) is 2.40. The van der Waals surface area contributed by atoms with Crippen molar-refractivity contribution >= 4 is 5.91 Å². The van der Waals surface area contributed by atoms with Crippen LogP contribution in [0.2, 0.25) is 0 Å². The van der Waals surface area contributed by atoms with E-state index in [9.17, 15) is 4.79 Å². The Bertz CT molecular complexity index is 700. The fourth-order valence-electron chi connectivity index (χ4n) is 2.40. The van der Waals surface area contributed by atoms with Gasteiger partial charge >= 0.3 is 0 Å². The predicted molar refractivity (Wildman–Crippen MR) is 83.8 cm³/mol. The molecule has 1 amide bonds. The first-order chi connectivity index (χ1) is 11.2. The molecule has 2 heterocycles. The number of methoxy groups -OCH3 is 1. The SMILES string of the molecule is CCN(Cc1ccc2c(c1)OCO2)C(=O)c1ccc(OC)nc1. The third kappa shape index (κ3) is 3.21. The summed E-state index contributed by atoms with van der Waals surface area (Å²) < 4.78 is 15.7. The summed E-state index contributed by atoms with van der Waals surface area (Å²) in [5, 5.41) is 0. The summed E-state index contributed by atoms with van der Waals surface area (Å²) in [5.41, 5.74) is 1.53. The van der Waals surface area contributed by atoms with Crippen molar-refractivity contribution in [2.24, 2.45) is 0 Å². The number of rotatable bonds is 5. The van der Waals surface area contributed by atoms with Crippen LogP contribution < -0.4 is 14.2 Å². The predicted octanol–water partition coefficient (Wildman–Crippen LogP) is 2.48. The third-order valence-corrected chi connectivity index (χ3v) is 3.67. The Kier molecular flexibility index (Phi) is 4.32. The van der Waals surface area contributed by atoms with Crippen LogP contribution in [0.5, 0.6) is 17.4 Å². The molecule has 0 bridgehead atoms. The molecule has 0 fully saturated rings. The standard InChI is InChI=1S/C17H18N2O4/c1-3-19(17(20)13-5-7-16(21-2)18-9-13)10-12-4-6-14-15(8-12)23-11-22-14/h4-9H,3,10-11H2,1-2H3. The Labute approximate surface area is 134 Å². The van der Waals surface area contributed by atoms with Crippen LogP contribution in [-0.2, 0) is 6.54 Å². The van der Waals surface area contributed by atoms with Crippen molar-refractivity contribution in [1.29, 1.82) is 0 Å². The Morgan fingerprint density at radius 1 is 1.26 bits per heavy atom. The summed E-state index contributed by atoms with van der Waals surface area (Å²) in [4.78, 5) is 18.4. The van der Waals surface area contributed by atoms with E-state index < -0.39 is 0 Å². The average molecular weight is 314 g/mol. The minimum atomic E-state index is -0.0691. The number of aromatic nitrogens is 1. The van der Waals surface area contributed by atoms with E-state index in [1.54, 1.807) is 24.1 Å². The molecule has 2 aromatic rings. The van der Waals surface area contributed by atoms with E-state index in [1.165, 1.54) is 6.20 Å². The molecule has 0 N–H and O–H groups in total. The van der Waals surface area contributed by atoms with Gasteiger partial charge in [-0.2, -0.15) is 0 Å². The smallest absolute Gasteiger partial charge is 0.255 e. The first-order valence-corrected chi connectivity index (χ1v) is 7.39. The first kappa shape index (κ1) is 15.1. The van der Waals surface area contributed by atoms with Gasteiger partial charge in [-0.1, -0.05) is 6.07 Å². The van der Waals surface area contributed by atoms with Gasteiger partial charge in [0.05, 0.1) is 12.7 Å². The molecule has 3 rings (SSSR count). The third-order valence-electron chi connectivity index (χ3n) is 3.67. The molecule has 23 heavy (non-hydrogen) atoms. The number of ether oxygens (including phenoxy) is 3. The highest BCUT2D eigenvalue weighted by Gasteiger charge is 2.18. The molecule has 0 saturated heterocycles. The Morgan fingerprint density at radius 2 is 2.09 bits per heavy atom. The maximum absolute atomic E-state index is 12.6. The van der Waals surface area contributed by atoms with Gasteiger partial charge in [0.2, 0.25) is 12.7 Å². The van der Waals surface area contributed by atoms with Crippen molar-refractivity contribution in [1.82, 2.24) is 9.88 Å². The number of carbonyl (C=O) groups is 1. The Balaban J connectivity index is 1.74. The zero-order chi connectivity index (χ0) is 16.2. The number of hydrogen-bond acceptors (Lipinski definition) is 5. The molecule has 1 aliphatic heterocycles. The number of hydrogen-bond donors (Lipinski definition) is 0. The van der Waals surface area contributed by atoms with E-state index in [-0.39, 0.29) is 12.7 Å². The molecule has 0 unspecified atom stereocenters. The van der Waals surface area contributed by atoms with Gasteiger partial charge in [0.1, 0.15) is 0 Å². The van der Waals surface area contributed by atoms with Crippen LogP contribution in [0.4, 0.5) is 0 Å². The topological polar surface area (TPSA) is 60.9 Å². The lowest BCUT2D eigenvalue weighted by molar-refractivity contribution is 0.0752. The lowest BCUT2D eigenvalue weighted by atomic mass is 10.1. The highest BCUT2D eigenvalue weighted by atomic mass is 16.7. The summed E-state index contributed by atoms with van der Waals surface area (Å²) in [6, 6.07) is 9.11. The molecule has 120 valence electrons. The molecule has 0 saturated carbocycles. The number of pyridine rings is 1. The number of nitrogens with zero attached hydrogens (tertiary/aromatic N) is 2. The minimum absolute atomic E-state index is 0.0691. The van der Waals surface area contributed by atoms with Gasteiger partial charge in [-0.05, 0) is 30.7 Å². The molecule has 0 aliphatic carbocycles. The Hall–Kier alpha value is -2.76. The summed E-state index contributed by atoms with van der Waals surface area (Å²) in [7, 11) is 1.54. The normalized spacial score (nSPS) is 12.1. The molecule has 0 spiro atoms. The van der Waals surface area contributed by atoms with Crippen LogP contribution in [0, 0.1) is 0 Å².